The van der Waals surface area contributed by atoms with E-state index in [-0.39, 0.29) is 11.9 Å². The van der Waals surface area contributed by atoms with Crippen molar-refractivity contribution in [1.29, 1.82) is 0 Å². The SMILES string of the molecule is COc1ccccc1NC(=O)C[C@H](C)n1cccn1. The van der Waals surface area contributed by atoms with Gasteiger partial charge in [-0.05, 0) is 25.1 Å². The number of hydrogen-bond donors (Lipinski definition) is 1. The molecule has 5 nitrogen and oxygen atoms in total. The van der Waals surface area contributed by atoms with E-state index in [0.29, 0.717) is 17.9 Å². The van der Waals surface area contributed by atoms with E-state index in [1.54, 1.807) is 18.0 Å². The standard InChI is InChI=1S/C14H17N3O2/c1-11(17-9-5-8-15-17)10-14(18)16-12-6-3-4-7-13(12)19-2/h3-9,11H,10H2,1-2H3,(H,16,18)/t11-/m0/s1. The summed E-state index contributed by atoms with van der Waals surface area (Å²) in [7, 11) is 1.58. The van der Waals surface area contributed by atoms with Crippen LogP contribution in [-0.4, -0.2) is 22.8 Å². The number of para-hydroxylation sites is 2. The smallest absolute Gasteiger partial charge is 0.226 e. The van der Waals surface area contributed by atoms with Gasteiger partial charge in [-0.2, -0.15) is 5.10 Å². The van der Waals surface area contributed by atoms with Gasteiger partial charge in [0, 0.05) is 18.8 Å². The average molecular weight is 259 g/mol. The highest BCUT2D eigenvalue weighted by Crippen LogP contribution is 2.23. The first-order valence-corrected chi connectivity index (χ1v) is 6.12. The molecule has 100 valence electrons. The van der Waals surface area contributed by atoms with Crippen LogP contribution in [0.25, 0.3) is 0 Å². The number of anilines is 1. The fourth-order valence-corrected chi connectivity index (χ4v) is 1.85. The van der Waals surface area contributed by atoms with Gasteiger partial charge < -0.3 is 10.1 Å². The van der Waals surface area contributed by atoms with E-state index in [2.05, 4.69) is 10.4 Å². The second-order valence-corrected chi connectivity index (χ2v) is 4.29. The molecule has 0 radical (unpaired) electrons. The van der Waals surface area contributed by atoms with Crippen molar-refractivity contribution in [2.24, 2.45) is 0 Å². The summed E-state index contributed by atoms with van der Waals surface area (Å²) < 4.78 is 6.96. The van der Waals surface area contributed by atoms with Crippen molar-refractivity contribution < 1.29 is 9.53 Å². The molecule has 1 atom stereocenters. The van der Waals surface area contributed by atoms with Crippen molar-refractivity contribution >= 4 is 11.6 Å². The molecule has 1 amide bonds. The largest absolute Gasteiger partial charge is 0.495 e. The van der Waals surface area contributed by atoms with E-state index in [0.717, 1.165) is 0 Å². The zero-order valence-electron chi connectivity index (χ0n) is 11.0. The van der Waals surface area contributed by atoms with E-state index >= 15 is 0 Å². The molecule has 0 fully saturated rings. The van der Waals surface area contributed by atoms with E-state index in [1.807, 2.05) is 43.5 Å². The Kier molecular flexibility index (Phi) is 4.18. The topological polar surface area (TPSA) is 56.1 Å². The number of methoxy groups -OCH3 is 1. The van der Waals surface area contributed by atoms with Crippen LogP contribution in [0.3, 0.4) is 0 Å². The number of rotatable bonds is 5. The number of amides is 1. The van der Waals surface area contributed by atoms with Crippen molar-refractivity contribution in [2.45, 2.75) is 19.4 Å². The number of hydrogen-bond acceptors (Lipinski definition) is 3. The summed E-state index contributed by atoms with van der Waals surface area (Å²) in [5.41, 5.74) is 0.683. The summed E-state index contributed by atoms with van der Waals surface area (Å²) in [4.78, 5) is 12.0. The minimum atomic E-state index is -0.0625. The number of nitrogens with one attached hydrogen (secondary N) is 1. The number of aromatic nitrogens is 2. The fourth-order valence-electron chi connectivity index (χ4n) is 1.85. The third-order valence-electron chi connectivity index (χ3n) is 2.84. The van der Waals surface area contributed by atoms with Crippen LogP contribution in [0.4, 0.5) is 5.69 Å². The Morgan fingerprint density at radius 3 is 2.89 bits per heavy atom. The molecular weight excluding hydrogens is 242 g/mol. The number of nitrogens with zero attached hydrogens (tertiary/aromatic N) is 2. The quantitative estimate of drug-likeness (QED) is 0.897. The highest BCUT2D eigenvalue weighted by atomic mass is 16.5. The van der Waals surface area contributed by atoms with Gasteiger partial charge in [-0.25, -0.2) is 0 Å². The van der Waals surface area contributed by atoms with Crippen molar-refractivity contribution in [3.8, 4) is 5.75 Å². The molecule has 0 aliphatic carbocycles. The van der Waals surface area contributed by atoms with Gasteiger partial charge in [-0.15, -0.1) is 0 Å². The Labute approximate surface area is 112 Å². The predicted octanol–water partition coefficient (Wildman–Crippen LogP) is 2.48. The minimum Gasteiger partial charge on any atom is -0.495 e. The van der Waals surface area contributed by atoms with Crippen LogP contribution >= 0.6 is 0 Å². The second-order valence-electron chi connectivity index (χ2n) is 4.29. The fraction of sp³-hybridized carbons (Fsp3) is 0.286. The van der Waals surface area contributed by atoms with Gasteiger partial charge in [0.05, 0.1) is 18.8 Å². The lowest BCUT2D eigenvalue weighted by Crippen LogP contribution is -2.18. The first-order valence-electron chi connectivity index (χ1n) is 6.12. The normalized spacial score (nSPS) is 11.9. The highest BCUT2D eigenvalue weighted by Gasteiger charge is 2.12. The molecule has 0 saturated heterocycles. The zero-order chi connectivity index (χ0) is 13.7. The maximum atomic E-state index is 12.0. The van der Waals surface area contributed by atoms with Crippen molar-refractivity contribution in [3.05, 3.63) is 42.7 Å². The molecule has 0 aliphatic heterocycles. The maximum Gasteiger partial charge on any atom is 0.226 e. The van der Waals surface area contributed by atoms with Gasteiger partial charge in [-0.3, -0.25) is 9.48 Å². The molecule has 2 rings (SSSR count). The number of carbonyl (C=O) groups is 1. The molecule has 1 aromatic heterocycles. The number of ether oxygens (including phenoxy) is 1. The second kappa shape index (κ2) is 6.04. The van der Waals surface area contributed by atoms with E-state index in [1.165, 1.54) is 0 Å². The molecule has 0 spiro atoms. The molecule has 0 saturated carbocycles. The third-order valence-corrected chi connectivity index (χ3v) is 2.84. The van der Waals surface area contributed by atoms with Gasteiger partial charge in [0.1, 0.15) is 5.75 Å². The van der Waals surface area contributed by atoms with Crippen LogP contribution in [0.15, 0.2) is 42.7 Å². The van der Waals surface area contributed by atoms with Crippen LogP contribution in [0.1, 0.15) is 19.4 Å². The van der Waals surface area contributed by atoms with Gasteiger partial charge in [0.25, 0.3) is 0 Å². The summed E-state index contributed by atoms with van der Waals surface area (Å²) in [5, 5.41) is 6.97. The van der Waals surface area contributed by atoms with E-state index in [4.69, 9.17) is 4.74 Å². The summed E-state index contributed by atoms with van der Waals surface area (Å²) in [6.45, 7) is 1.95. The Morgan fingerprint density at radius 1 is 1.42 bits per heavy atom. The lowest BCUT2D eigenvalue weighted by atomic mass is 10.2. The Balaban J connectivity index is 1.98. The van der Waals surface area contributed by atoms with Gasteiger partial charge in [0.2, 0.25) is 5.91 Å². The summed E-state index contributed by atoms with van der Waals surface area (Å²) in [6, 6.07) is 9.21. The molecular formula is C14H17N3O2. The Morgan fingerprint density at radius 2 is 2.21 bits per heavy atom. The molecule has 2 aromatic rings. The molecule has 0 bridgehead atoms. The minimum absolute atomic E-state index is 0.0182. The lowest BCUT2D eigenvalue weighted by Gasteiger charge is -2.13. The monoisotopic (exact) mass is 259 g/mol. The molecule has 1 heterocycles. The Hall–Kier alpha value is -2.30. The molecule has 19 heavy (non-hydrogen) atoms. The Bertz CT molecular complexity index is 537. The van der Waals surface area contributed by atoms with Crippen LogP contribution in [0.2, 0.25) is 0 Å². The number of carbonyl (C=O) groups excluding carboxylic acids is 1. The summed E-state index contributed by atoms with van der Waals surface area (Å²) in [6.07, 6.45) is 3.91. The van der Waals surface area contributed by atoms with Crippen molar-refractivity contribution in [2.75, 3.05) is 12.4 Å². The summed E-state index contributed by atoms with van der Waals surface area (Å²) >= 11 is 0. The van der Waals surface area contributed by atoms with Crippen LogP contribution in [-0.2, 0) is 4.79 Å². The van der Waals surface area contributed by atoms with Crippen molar-refractivity contribution in [3.63, 3.8) is 0 Å². The molecule has 0 unspecified atom stereocenters. The molecule has 5 heteroatoms. The number of benzene rings is 1. The van der Waals surface area contributed by atoms with Crippen LogP contribution < -0.4 is 10.1 Å². The maximum absolute atomic E-state index is 12.0. The molecule has 1 aromatic carbocycles. The highest BCUT2D eigenvalue weighted by molar-refractivity contribution is 5.92. The third kappa shape index (κ3) is 3.34. The van der Waals surface area contributed by atoms with Crippen LogP contribution in [0.5, 0.6) is 5.75 Å². The lowest BCUT2D eigenvalue weighted by molar-refractivity contribution is -0.116. The van der Waals surface area contributed by atoms with Crippen LogP contribution in [0, 0.1) is 0 Å². The molecule has 1 N–H and O–H groups in total. The van der Waals surface area contributed by atoms with Crippen molar-refractivity contribution in [1.82, 2.24) is 9.78 Å². The first-order chi connectivity index (χ1) is 9.20. The molecule has 0 aliphatic rings. The predicted molar refractivity (Wildman–Crippen MR) is 73.2 cm³/mol. The first kappa shape index (κ1) is 13.1. The average Bonchev–Trinajstić information content (AvgIpc) is 2.93. The van der Waals surface area contributed by atoms with E-state index in [9.17, 15) is 4.79 Å². The van der Waals surface area contributed by atoms with Gasteiger partial charge in [-0.1, -0.05) is 12.1 Å². The zero-order valence-corrected chi connectivity index (χ0v) is 11.0. The van der Waals surface area contributed by atoms with Gasteiger partial charge >= 0.3 is 0 Å². The van der Waals surface area contributed by atoms with Gasteiger partial charge in [0.15, 0.2) is 0 Å². The summed E-state index contributed by atoms with van der Waals surface area (Å²) in [5.74, 6) is 0.593. The van der Waals surface area contributed by atoms with E-state index < -0.39 is 0 Å².